The van der Waals surface area contributed by atoms with E-state index < -0.39 is 0 Å². The third-order valence-electron chi connectivity index (χ3n) is 4.76. The highest BCUT2D eigenvalue weighted by atomic mass is 16.3. The fourth-order valence-corrected chi connectivity index (χ4v) is 3.36. The Morgan fingerprint density at radius 1 is 0.739 bits per heavy atom. The molecule has 0 unspecified atom stereocenters. The molecule has 4 nitrogen and oxygen atoms in total. The van der Waals surface area contributed by atoms with E-state index in [1.165, 1.54) is 0 Å². The van der Waals surface area contributed by atoms with Gasteiger partial charge in [0.2, 0.25) is 0 Å². The number of carbonyl (C=O) groups excluding carboxylic acids is 1. The van der Waals surface area contributed by atoms with Crippen LogP contribution in [0.5, 0.6) is 11.5 Å². The van der Waals surface area contributed by atoms with Gasteiger partial charge in [0.05, 0.1) is 0 Å². The molecule has 0 saturated carbocycles. The molecule has 0 amide bonds. The van der Waals surface area contributed by atoms with Crippen LogP contribution in [0.2, 0.25) is 0 Å². The maximum Gasteiger partial charge on any atom is 0.142 e. The predicted octanol–water partition coefficient (Wildman–Crippen LogP) is 3.32. The van der Waals surface area contributed by atoms with Crippen LogP contribution in [0, 0.1) is 11.8 Å². The van der Waals surface area contributed by atoms with E-state index in [0.29, 0.717) is 0 Å². The first-order valence-electron chi connectivity index (χ1n) is 7.85. The van der Waals surface area contributed by atoms with E-state index in [1.807, 2.05) is 38.1 Å². The Balaban J connectivity index is 1.94. The van der Waals surface area contributed by atoms with Crippen molar-refractivity contribution < 1.29 is 15.0 Å². The lowest BCUT2D eigenvalue weighted by atomic mass is 9.76. The van der Waals surface area contributed by atoms with E-state index >= 15 is 0 Å². The number of Topliss-reactive ketones (excluding diaryl/α,β-unsaturated/α-hetero) is 1. The van der Waals surface area contributed by atoms with Crippen molar-refractivity contribution in [3.05, 3.63) is 59.7 Å². The van der Waals surface area contributed by atoms with E-state index in [0.717, 1.165) is 11.1 Å². The summed E-state index contributed by atoms with van der Waals surface area (Å²) in [5, 5.41) is 22.5. The average Bonchev–Trinajstić information content (AvgIpc) is 2.55. The normalized spacial score (nSPS) is 27.8. The van der Waals surface area contributed by atoms with Crippen LogP contribution in [0.1, 0.15) is 37.1 Å². The highest BCUT2D eigenvalue weighted by Gasteiger charge is 2.40. The van der Waals surface area contributed by atoms with Gasteiger partial charge >= 0.3 is 0 Å². The van der Waals surface area contributed by atoms with Gasteiger partial charge in [0.25, 0.3) is 0 Å². The van der Waals surface area contributed by atoms with Gasteiger partial charge in [-0.1, -0.05) is 38.1 Å². The molecule has 3 rings (SSSR count). The van der Waals surface area contributed by atoms with E-state index in [9.17, 15) is 15.0 Å². The zero-order valence-corrected chi connectivity index (χ0v) is 13.2. The van der Waals surface area contributed by atoms with E-state index in [4.69, 9.17) is 0 Å². The van der Waals surface area contributed by atoms with Gasteiger partial charge < -0.3 is 15.5 Å². The second kappa shape index (κ2) is 6.05. The van der Waals surface area contributed by atoms with Crippen LogP contribution >= 0.6 is 0 Å². The number of benzene rings is 2. The summed E-state index contributed by atoms with van der Waals surface area (Å²) in [4.78, 5) is 12.7. The lowest BCUT2D eigenvalue weighted by Gasteiger charge is -2.39. The lowest BCUT2D eigenvalue weighted by Crippen LogP contribution is -2.46. The van der Waals surface area contributed by atoms with Gasteiger partial charge in [-0.25, -0.2) is 0 Å². The van der Waals surface area contributed by atoms with Gasteiger partial charge in [0.1, 0.15) is 17.3 Å². The van der Waals surface area contributed by atoms with Crippen LogP contribution in [0.15, 0.2) is 48.5 Å². The lowest BCUT2D eigenvalue weighted by molar-refractivity contribution is -0.130. The summed E-state index contributed by atoms with van der Waals surface area (Å²) in [6.07, 6.45) is 0. The molecule has 23 heavy (non-hydrogen) atoms. The molecule has 0 radical (unpaired) electrons. The average molecular weight is 311 g/mol. The van der Waals surface area contributed by atoms with Crippen LogP contribution in [-0.2, 0) is 4.79 Å². The molecule has 0 spiro atoms. The van der Waals surface area contributed by atoms with Crippen LogP contribution in [0.3, 0.4) is 0 Å². The number of carbonyl (C=O) groups is 1. The van der Waals surface area contributed by atoms with Crippen molar-refractivity contribution >= 4 is 5.78 Å². The van der Waals surface area contributed by atoms with Gasteiger partial charge in [-0.3, -0.25) is 4.79 Å². The largest absolute Gasteiger partial charge is 0.508 e. The standard InChI is InChI=1S/C19H21NO3/c1-11-17(13-3-7-15(21)8-4-13)20-18(12(2)19(11)23)14-5-9-16(22)10-6-14/h3-12,17-18,20-22H,1-2H3/t11-,12+,17-,18-/m1/s1. The Bertz CT molecular complexity index is 634. The highest BCUT2D eigenvalue weighted by Crippen LogP contribution is 2.38. The number of piperidine rings is 1. The fraction of sp³-hybridized carbons (Fsp3) is 0.316. The number of hydrogen-bond acceptors (Lipinski definition) is 4. The first-order valence-corrected chi connectivity index (χ1v) is 7.85. The summed E-state index contributed by atoms with van der Waals surface area (Å²) < 4.78 is 0. The Labute approximate surface area is 135 Å². The smallest absolute Gasteiger partial charge is 0.142 e. The number of phenols is 2. The molecule has 1 aliphatic heterocycles. The molecule has 120 valence electrons. The van der Waals surface area contributed by atoms with Crippen molar-refractivity contribution in [2.75, 3.05) is 0 Å². The number of rotatable bonds is 2. The Kier molecular flexibility index (Phi) is 4.09. The van der Waals surface area contributed by atoms with Gasteiger partial charge in [-0.15, -0.1) is 0 Å². The molecular weight excluding hydrogens is 290 g/mol. The quantitative estimate of drug-likeness (QED) is 0.796. The third kappa shape index (κ3) is 2.94. The monoisotopic (exact) mass is 311 g/mol. The first kappa shape index (κ1) is 15.6. The van der Waals surface area contributed by atoms with Crippen molar-refractivity contribution in [2.24, 2.45) is 11.8 Å². The summed E-state index contributed by atoms with van der Waals surface area (Å²) in [6.45, 7) is 3.88. The van der Waals surface area contributed by atoms with E-state index in [-0.39, 0.29) is 41.2 Å². The predicted molar refractivity (Wildman–Crippen MR) is 88.2 cm³/mol. The second-order valence-corrected chi connectivity index (χ2v) is 6.28. The van der Waals surface area contributed by atoms with Crippen molar-refractivity contribution in [1.82, 2.24) is 5.32 Å². The number of ketones is 1. The fourth-order valence-electron chi connectivity index (χ4n) is 3.36. The van der Waals surface area contributed by atoms with Gasteiger partial charge in [-0.05, 0) is 35.4 Å². The van der Waals surface area contributed by atoms with Crippen LogP contribution in [0.25, 0.3) is 0 Å². The van der Waals surface area contributed by atoms with Crippen LogP contribution in [-0.4, -0.2) is 16.0 Å². The van der Waals surface area contributed by atoms with Gasteiger partial charge in [0, 0.05) is 23.9 Å². The molecular formula is C19H21NO3. The first-order chi connectivity index (χ1) is 11.0. The van der Waals surface area contributed by atoms with Gasteiger partial charge in [0.15, 0.2) is 0 Å². The molecule has 1 aliphatic rings. The zero-order valence-electron chi connectivity index (χ0n) is 13.2. The Hall–Kier alpha value is -2.33. The van der Waals surface area contributed by atoms with E-state index in [2.05, 4.69) is 5.32 Å². The number of hydrogen-bond donors (Lipinski definition) is 3. The minimum Gasteiger partial charge on any atom is -0.508 e. The minimum absolute atomic E-state index is 0.0990. The molecule has 0 aliphatic carbocycles. The zero-order chi connectivity index (χ0) is 16.6. The van der Waals surface area contributed by atoms with Crippen molar-refractivity contribution in [2.45, 2.75) is 25.9 Å². The summed E-state index contributed by atoms with van der Waals surface area (Å²) in [5.74, 6) is 0.379. The third-order valence-corrected chi connectivity index (χ3v) is 4.76. The summed E-state index contributed by atoms with van der Waals surface area (Å²) in [5.41, 5.74) is 1.97. The minimum atomic E-state index is -0.136. The molecule has 1 fully saturated rings. The number of aromatic hydroxyl groups is 2. The Morgan fingerprint density at radius 3 is 1.43 bits per heavy atom. The molecule has 4 atom stereocenters. The van der Waals surface area contributed by atoms with Gasteiger partial charge in [-0.2, -0.15) is 0 Å². The van der Waals surface area contributed by atoms with Crippen molar-refractivity contribution in [3.63, 3.8) is 0 Å². The van der Waals surface area contributed by atoms with Crippen LogP contribution < -0.4 is 5.32 Å². The topological polar surface area (TPSA) is 69.6 Å². The Morgan fingerprint density at radius 2 is 1.09 bits per heavy atom. The van der Waals surface area contributed by atoms with Crippen LogP contribution in [0.4, 0.5) is 0 Å². The molecule has 0 aromatic heterocycles. The van der Waals surface area contributed by atoms with Crippen molar-refractivity contribution in [1.29, 1.82) is 0 Å². The second-order valence-electron chi connectivity index (χ2n) is 6.28. The molecule has 2 aromatic rings. The molecule has 1 heterocycles. The molecule has 2 aromatic carbocycles. The highest BCUT2D eigenvalue weighted by molar-refractivity contribution is 5.85. The summed E-state index contributed by atoms with van der Waals surface area (Å²) in [7, 11) is 0. The molecule has 0 bridgehead atoms. The molecule has 3 N–H and O–H groups in total. The summed E-state index contributed by atoms with van der Waals surface area (Å²) >= 11 is 0. The molecule has 4 heteroatoms. The maximum absolute atomic E-state index is 12.7. The molecule has 1 saturated heterocycles. The van der Waals surface area contributed by atoms with E-state index in [1.54, 1.807) is 24.3 Å². The number of phenolic OH excluding ortho intramolecular Hbond substituents is 2. The number of nitrogens with one attached hydrogen (secondary N) is 1. The SMILES string of the molecule is C[C@@H]1C(=O)[C@H](C)[C@H](c2ccc(O)cc2)N[C@H]1c1ccc(O)cc1. The maximum atomic E-state index is 12.7. The van der Waals surface area contributed by atoms with Crippen molar-refractivity contribution in [3.8, 4) is 11.5 Å². The summed E-state index contributed by atoms with van der Waals surface area (Å²) in [6, 6.07) is 13.8.